The molecule has 140 valence electrons. The molecule has 0 aromatic carbocycles. The maximum atomic E-state index is 12.3. The molecule has 4 heteroatoms. The Hall–Kier alpha value is -1.06. The molecule has 2 amide bonds. The first-order valence-electron chi connectivity index (χ1n) is 10.1. The van der Waals surface area contributed by atoms with Crippen molar-refractivity contribution in [3.8, 4) is 0 Å². The molecule has 0 bridgehead atoms. The Morgan fingerprint density at radius 2 is 1.50 bits per heavy atom. The van der Waals surface area contributed by atoms with Crippen molar-refractivity contribution in [3.63, 3.8) is 0 Å². The quantitative estimate of drug-likeness (QED) is 0.405. The lowest BCUT2D eigenvalue weighted by molar-refractivity contribution is -0.129. The van der Waals surface area contributed by atoms with Crippen LogP contribution >= 0.6 is 0 Å². The van der Waals surface area contributed by atoms with Crippen LogP contribution in [0.15, 0.2) is 0 Å². The summed E-state index contributed by atoms with van der Waals surface area (Å²) in [6, 6.07) is -0.0855. The minimum atomic E-state index is -0.457. The molecule has 0 spiro atoms. The first kappa shape index (κ1) is 21.0. The summed E-state index contributed by atoms with van der Waals surface area (Å²) in [5, 5.41) is 0. The molecule has 0 aliphatic carbocycles. The number of hydrogen-bond donors (Lipinski definition) is 0. The molecule has 0 N–H and O–H groups in total. The van der Waals surface area contributed by atoms with Crippen LogP contribution in [-0.4, -0.2) is 29.5 Å². The predicted molar refractivity (Wildman–Crippen MR) is 97.9 cm³/mol. The molecule has 0 radical (unpaired) electrons. The predicted octanol–water partition coefficient (Wildman–Crippen LogP) is 5.69. The standard InChI is InChI=1S/C20H37NO3/c1-4-5-6-7-8-9-10-11-12-13-14-15-19(22)21-18(17(2)3)16-24-20(21)23/h17-18H,4-16H2,1-3H3/t18-/m1/s1. The minimum Gasteiger partial charge on any atom is -0.447 e. The third-order valence-corrected chi connectivity index (χ3v) is 4.94. The van der Waals surface area contributed by atoms with Crippen molar-refractivity contribution >= 4 is 12.0 Å². The van der Waals surface area contributed by atoms with Crippen LogP contribution in [0, 0.1) is 5.92 Å². The highest BCUT2D eigenvalue weighted by Crippen LogP contribution is 2.21. The van der Waals surface area contributed by atoms with Gasteiger partial charge >= 0.3 is 6.09 Å². The number of hydrogen-bond acceptors (Lipinski definition) is 3. The van der Waals surface area contributed by atoms with Crippen molar-refractivity contribution in [2.45, 2.75) is 104 Å². The highest BCUT2D eigenvalue weighted by Gasteiger charge is 2.38. The molecule has 0 aromatic rings. The lowest BCUT2D eigenvalue weighted by Gasteiger charge is -2.22. The van der Waals surface area contributed by atoms with Crippen LogP contribution in [0.25, 0.3) is 0 Å². The largest absolute Gasteiger partial charge is 0.447 e. The van der Waals surface area contributed by atoms with Gasteiger partial charge in [0.15, 0.2) is 0 Å². The van der Waals surface area contributed by atoms with E-state index in [9.17, 15) is 9.59 Å². The van der Waals surface area contributed by atoms with E-state index in [4.69, 9.17) is 4.74 Å². The maximum Gasteiger partial charge on any atom is 0.416 e. The summed E-state index contributed by atoms with van der Waals surface area (Å²) in [7, 11) is 0. The fourth-order valence-electron chi connectivity index (χ4n) is 3.27. The zero-order valence-electron chi connectivity index (χ0n) is 16.0. The van der Waals surface area contributed by atoms with Gasteiger partial charge < -0.3 is 4.74 Å². The van der Waals surface area contributed by atoms with Crippen LogP contribution in [0.4, 0.5) is 4.79 Å². The smallest absolute Gasteiger partial charge is 0.416 e. The van der Waals surface area contributed by atoms with Crippen molar-refractivity contribution in [1.29, 1.82) is 0 Å². The molecule has 0 unspecified atom stereocenters. The van der Waals surface area contributed by atoms with Gasteiger partial charge in [0, 0.05) is 6.42 Å². The highest BCUT2D eigenvalue weighted by molar-refractivity contribution is 5.93. The normalized spacial score (nSPS) is 17.6. The second-order valence-corrected chi connectivity index (χ2v) is 7.44. The number of carbonyl (C=O) groups excluding carboxylic acids is 2. The van der Waals surface area contributed by atoms with Gasteiger partial charge in [0.25, 0.3) is 0 Å². The number of amides is 2. The van der Waals surface area contributed by atoms with Gasteiger partial charge in [-0.05, 0) is 12.3 Å². The van der Waals surface area contributed by atoms with Gasteiger partial charge in [0.1, 0.15) is 6.61 Å². The summed E-state index contributed by atoms with van der Waals surface area (Å²) in [6.07, 6.45) is 13.9. The molecule has 24 heavy (non-hydrogen) atoms. The number of nitrogens with zero attached hydrogens (tertiary/aromatic N) is 1. The van der Waals surface area contributed by atoms with E-state index in [0.29, 0.717) is 13.0 Å². The summed E-state index contributed by atoms with van der Waals surface area (Å²) >= 11 is 0. The zero-order chi connectivity index (χ0) is 17.8. The van der Waals surface area contributed by atoms with Crippen LogP contribution in [0.1, 0.15) is 97.8 Å². The molecule has 4 nitrogen and oxygen atoms in total. The number of ether oxygens (including phenoxy) is 1. The molecular weight excluding hydrogens is 302 g/mol. The molecule has 1 atom stereocenters. The number of rotatable bonds is 13. The van der Waals surface area contributed by atoms with Crippen LogP contribution in [0.5, 0.6) is 0 Å². The van der Waals surface area contributed by atoms with E-state index >= 15 is 0 Å². The van der Waals surface area contributed by atoms with Crippen LogP contribution in [0.2, 0.25) is 0 Å². The molecule has 0 saturated carbocycles. The second kappa shape index (κ2) is 12.3. The Labute approximate surface area is 148 Å². The summed E-state index contributed by atoms with van der Waals surface area (Å²) in [6.45, 7) is 6.64. The fourth-order valence-corrected chi connectivity index (χ4v) is 3.27. The summed E-state index contributed by atoms with van der Waals surface area (Å²) < 4.78 is 5.03. The van der Waals surface area contributed by atoms with Gasteiger partial charge in [-0.3, -0.25) is 4.79 Å². The fraction of sp³-hybridized carbons (Fsp3) is 0.900. The van der Waals surface area contributed by atoms with Gasteiger partial charge in [-0.15, -0.1) is 0 Å². The third-order valence-electron chi connectivity index (χ3n) is 4.94. The van der Waals surface area contributed by atoms with Gasteiger partial charge in [-0.2, -0.15) is 0 Å². The van der Waals surface area contributed by atoms with Gasteiger partial charge in [0.2, 0.25) is 5.91 Å². The Balaban J connectivity index is 2.02. The lowest BCUT2D eigenvalue weighted by atomic mass is 10.0. The summed E-state index contributed by atoms with van der Waals surface area (Å²) in [4.78, 5) is 25.3. The topological polar surface area (TPSA) is 46.6 Å². The van der Waals surface area contributed by atoms with E-state index in [1.165, 1.54) is 62.7 Å². The SMILES string of the molecule is CCCCCCCCCCCCCC(=O)N1C(=O)OC[C@@H]1C(C)C. The van der Waals surface area contributed by atoms with Crippen molar-refractivity contribution in [2.24, 2.45) is 5.92 Å². The average molecular weight is 340 g/mol. The zero-order valence-corrected chi connectivity index (χ0v) is 16.0. The molecule has 1 rings (SSSR count). The van der Waals surface area contributed by atoms with Crippen LogP contribution < -0.4 is 0 Å². The molecule has 1 aliphatic heterocycles. The Morgan fingerprint density at radius 1 is 1.00 bits per heavy atom. The molecule has 0 aromatic heterocycles. The van der Waals surface area contributed by atoms with E-state index < -0.39 is 6.09 Å². The molecule has 1 aliphatic rings. The highest BCUT2D eigenvalue weighted by atomic mass is 16.6. The Bertz CT molecular complexity index is 368. The van der Waals surface area contributed by atoms with E-state index in [1.54, 1.807) is 0 Å². The monoisotopic (exact) mass is 339 g/mol. The van der Waals surface area contributed by atoms with Crippen LogP contribution in [0.3, 0.4) is 0 Å². The first-order valence-corrected chi connectivity index (χ1v) is 10.1. The molecule has 1 heterocycles. The van der Waals surface area contributed by atoms with E-state index in [-0.39, 0.29) is 17.9 Å². The third kappa shape index (κ3) is 7.67. The Morgan fingerprint density at radius 3 is 2.00 bits per heavy atom. The minimum absolute atomic E-state index is 0.0628. The number of cyclic esters (lactones) is 1. The van der Waals surface area contributed by atoms with E-state index in [2.05, 4.69) is 6.92 Å². The van der Waals surface area contributed by atoms with Crippen molar-refractivity contribution < 1.29 is 14.3 Å². The molecule has 1 saturated heterocycles. The number of imide groups is 1. The van der Waals surface area contributed by atoms with Gasteiger partial charge in [-0.1, -0.05) is 85.0 Å². The van der Waals surface area contributed by atoms with E-state index in [1.807, 2.05) is 13.8 Å². The van der Waals surface area contributed by atoms with E-state index in [0.717, 1.165) is 12.8 Å². The van der Waals surface area contributed by atoms with Crippen LogP contribution in [-0.2, 0) is 9.53 Å². The van der Waals surface area contributed by atoms with Crippen molar-refractivity contribution in [3.05, 3.63) is 0 Å². The lowest BCUT2D eigenvalue weighted by Crippen LogP contribution is -2.41. The second-order valence-electron chi connectivity index (χ2n) is 7.44. The number of carbonyl (C=O) groups is 2. The average Bonchev–Trinajstić information content (AvgIpc) is 2.94. The molecular formula is C20H37NO3. The van der Waals surface area contributed by atoms with Gasteiger partial charge in [-0.25, -0.2) is 9.69 Å². The van der Waals surface area contributed by atoms with Crippen molar-refractivity contribution in [2.75, 3.05) is 6.61 Å². The van der Waals surface area contributed by atoms with Gasteiger partial charge in [0.05, 0.1) is 6.04 Å². The summed E-state index contributed by atoms with van der Waals surface area (Å²) in [5.41, 5.74) is 0. The first-order chi connectivity index (χ1) is 11.6. The Kier molecular flexibility index (Phi) is 10.8. The number of unbranched alkanes of at least 4 members (excludes halogenated alkanes) is 10. The molecule has 1 fully saturated rings. The maximum absolute atomic E-state index is 12.3. The van der Waals surface area contributed by atoms with Crippen molar-refractivity contribution in [1.82, 2.24) is 4.90 Å². The summed E-state index contributed by atoms with van der Waals surface area (Å²) in [5.74, 6) is 0.185.